The number of rotatable bonds is 1. The van der Waals surface area contributed by atoms with Gasteiger partial charge in [0.2, 0.25) is 0 Å². The molecule has 0 saturated carbocycles. The number of halogens is 1. The van der Waals surface area contributed by atoms with Crippen molar-refractivity contribution in [3.63, 3.8) is 0 Å². The Morgan fingerprint density at radius 1 is 1.56 bits per heavy atom. The lowest BCUT2D eigenvalue weighted by molar-refractivity contribution is 1.79. The average molecular weight is 159 g/mol. The van der Waals surface area contributed by atoms with Gasteiger partial charge in [0.15, 0.2) is 0 Å². The Balaban J connectivity index is 2.85. The fourth-order valence-corrected chi connectivity index (χ4v) is 1.61. The Hall–Kier alpha value is -0.270. The van der Waals surface area contributed by atoms with Gasteiger partial charge in [-0.3, -0.25) is 0 Å². The Bertz CT molecular complexity index is 212. The van der Waals surface area contributed by atoms with E-state index < -0.39 is 0 Å². The SMILES string of the molecule is C/C=C\c1ccc(Cl)s1. The minimum absolute atomic E-state index is 0.850. The van der Waals surface area contributed by atoms with Gasteiger partial charge >= 0.3 is 0 Å². The van der Waals surface area contributed by atoms with Gasteiger partial charge in [-0.2, -0.15) is 0 Å². The molecule has 2 heteroatoms. The molecule has 1 rings (SSSR count). The smallest absolute Gasteiger partial charge is 0.0934 e. The zero-order valence-electron chi connectivity index (χ0n) is 5.10. The Kier molecular flexibility index (Phi) is 2.31. The normalized spacial score (nSPS) is 10.9. The molecule has 0 unspecified atom stereocenters. The fourth-order valence-electron chi connectivity index (χ4n) is 0.582. The molecule has 0 radical (unpaired) electrons. The van der Waals surface area contributed by atoms with Crippen LogP contribution < -0.4 is 0 Å². The van der Waals surface area contributed by atoms with Crippen LogP contribution in [0.3, 0.4) is 0 Å². The van der Waals surface area contributed by atoms with E-state index in [-0.39, 0.29) is 0 Å². The molecule has 0 nitrogen and oxygen atoms in total. The van der Waals surface area contributed by atoms with Crippen LogP contribution in [0.25, 0.3) is 6.08 Å². The Morgan fingerprint density at radius 2 is 2.33 bits per heavy atom. The summed E-state index contributed by atoms with van der Waals surface area (Å²) in [5, 5.41) is 0. The van der Waals surface area contributed by atoms with E-state index in [1.165, 1.54) is 4.88 Å². The van der Waals surface area contributed by atoms with E-state index in [0.717, 1.165) is 4.34 Å². The molecule has 0 aliphatic heterocycles. The largest absolute Gasteiger partial charge is 0.124 e. The lowest BCUT2D eigenvalue weighted by Crippen LogP contribution is -1.50. The van der Waals surface area contributed by atoms with Crippen molar-refractivity contribution in [3.8, 4) is 0 Å². The third kappa shape index (κ3) is 1.84. The van der Waals surface area contributed by atoms with E-state index >= 15 is 0 Å². The molecule has 0 N–H and O–H groups in total. The summed E-state index contributed by atoms with van der Waals surface area (Å²) in [5.74, 6) is 0. The lowest BCUT2D eigenvalue weighted by Gasteiger charge is -1.76. The Labute approximate surface area is 63.8 Å². The van der Waals surface area contributed by atoms with Crippen LogP contribution in [0.4, 0.5) is 0 Å². The average Bonchev–Trinajstić information content (AvgIpc) is 2.17. The molecule has 0 saturated heterocycles. The van der Waals surface area contributed by atoms with E-state index in [2.05, 4.69) is 0 Å². The first-order chi connectivity index (χ1) is 4.33. The highest BCUT2D eigenvalue weighted by Crippen LogP contribution is 2.21. The van der Waals surface area contributed by atoms with Crippen LogP contribution in [-0.4, -0.2) is 0 Å². The van der Waals surface area contributed by atoms with Crippen LogP contribution >= 0.6 is 22.9 Å². The quantitative estimate of drug-likeness (QED) is 0.588. The van der Waals surface area contributed by atoms with Crippen LogP contribution in [0, 0.1) is 0 Å². The second-order valence-electron chi connectivity index (χ2n) is 1.64. The number of thiophene rings is 1. The minimum atomic E-state index is 0.850. The summed E-state index contributed by atoms with van der Waals surface area (Å²) >= 11 is 7.27. The topological polar surface area (TPSA) is 0 Å². The highest BCUT2D eigenvalue weighted by atomic mass is 35.5. The second kappa shape index (κ2) is 3.04. The van der Waals surface area contributed by atoms with Gasteiger partial charge in [-0.25, -0.2) is 0 Å². The van der Waals surface area contributed by atoms with Crippen molar-refractivity contribution in [1.29, 1.82) is 0 Å². The zero-order valence-corrected chi connectivity index (χ0v) is 6.67. The van der Waals surface area contributed by atoms with E-state index in [0.29, 0.717) is 0 Å². The molecule has 0 amide bonds. The highest BCUT2D eigenvalue weighted by molar-refractivity contribution is 7.16. The van der Waals surface area contributed by atoms with Crippen LogP contribution in [0.2, 0.25) is 4.34 Å². The van der Waals surface area contributed by atoms with Crippen molar-refractivity contribution in [1.82, 2.24) is 0 Å². The molecule has 0 spiro atoms. The van der Waals surface area contributed by atoms with Crippen molar-refractivity contribution in [2.45, 2.75) is 6.92 Å². The van der Waals surface area contributed by atoms with E-state index in [1.807, 2.05) is 31.2 Å². The highest BCUT2D eigenvalue weighted by Gasteiger charge is 1.90. The maximum atomic E-state index is 5.68. The lowest BCUT2D eigenvalue weighted by atomic mass is 10.4. The Morgan fingerprint density at radius 3 is 2.78 bits per heavy atom. The molecule has 0 fully saturated rings. The standard InChI is InChI=1S/C7H7ClS/c1-2-3-6-4-5-7(8)9-6/h2-5H,1H3/b3-2-. The molecular weight excluding hydrogens is 152 g/mol. The van der Waals surface area contributed by atoms with Crippen molar-refractivity contribution in [2.75, 3.05) is 0 Å². The molecule has 1 aromatic heterocycles. The third-order valence-corrected chi connectivity index (χ3v) is 2.12. The molecule has 0 atom stereocenters. The van der Waals surface area contributed by atoms with Crippen LogP contribution in [0.1, 0.15) is 11.8 Å². The number of hydrogen-bond donors (Lipinski definition) is 0. The van der Waals surface area contributed by atoms with Gasteiger partial charge in [0.05, 0.1) is 4.34 Å². The summed E-state index contributed by atoms with van der Waals surface area (Å²) in [7, 11) is 0. The monoisotopic (exact) mass is 158 g/mol. The minimum Gasteiger partial charge on any atom is -0.124 e. The molecule has 0 aliphatic rings. The first-order valence-corrected chi connectivity index (χ1v) is 3.90. The zero-order chi connectivity index (χ0) is 6.69. The number of allylic oxidation sites excluding steroid dienone is 1. The van der Waals surface area contributed by atoms with E-state index in [1.54, 1.807) is 11.3 Å². The van der Waals surface area contributed by atoms with E-state index in [4.69, 9.17) is 11.6 Å². The van der Waals surface area contributed by atoms with Gasteiger partial charge in [-0.15, -0.1) is 11.3 Å². The number of hydrogen-bond acceptors (Lipinski definition) is 1. The summed E-state index contributed by atoms with van der Waals surface area (Å²) in [6.45, 7) is 1.99. The van der Waals surface area contributed by atoms with Gasteiger partial charge in [0, 0.05) is 4.88 Å². The maximum Gasteiger partial charge on any atom is 0.0934 e. The van der Waals surface area contributed by atoms with Crippen LogP contribution in [-0.2, 0) is 0 Å². The van der Waals surface area contributed by atoms with Gasteiger partial charge in [0.25, 0.3) is 0 Å². The third-order valence-electron chi connectivity index (χ3n) is 0.925. The van der Waals surface area contributed by atoms with Crippen molar-refractivity contribution in [2.24, 2.45) is 0 Å². The van der Waals surface area contributed by atoms with Gasteiger partial charge < -0.3 is 0 Å². The summed E-state index contributed by atoms with van der Waals surface area (Å²) in [4.78, 5) is 1.21. The first kappa shape index (κ1) is 6.84. The van der Waals surface area contributed by atoms with Crippen LogP contribution in [0.15, 0.2) is 18.2 Å². The fraction of sp³-hybridized carbons (Fsp3) is 0.143. The first-order valence-electron chi connectivity index (χ1n) is 2.71. The molecule has 1 heterocycles. The van der Waals surface area contributed by atoms with E-state index in [9.17, 15) is 0 Å². The van der Waals surface area contributed by atoms with Crippen molar-refractivity contribution in [3.05, 3.63) is 27.4 Å². The second-order valence-corrected chi connectivity index (χ2v) is 3.39. The molecule has 0 bridgehead atoms. The van der Waals surface area contributed by atoms with Crippen molar-refractivity contribution >= 4 is 29.0 Å². The maximum absolute atomic E-state index is 5.68. The summed E-state index contributed by atoms with van der Waals surface area (Å²) < 4.78 is 0.850. The van der Waals surface area contributed by atoms with Crippen LogP contribution in [0.5, 0.6) is 0 Å². The van der Waals surface area contributed by atoms with Gasteiger partial charge in [-0.1, -0.05) is 17.7 Å². The summed E-state index contributed by atoms with van der Waals surface area (Å²) in [6, 6.07) is 3.91. The molecule has 0 aliphatic carbocycles. The predicted octanol–water partition coefficient (Wildman–Crippen LogP) is 3.43. The molecule has 1 aromatic rings. The van der Waals surface area contributed by atoms with Gasteiger partial charge in [0.1, 0.15) is 0 Å². The van der Waals surface area contributed by atoms with Gasteiger partial charge in [-0.05, 0) is 25.1 Å². The molecule has 48 valence electrons. The van der Waals surface area contributed by atoms with Crippen molar-refractivity contribution < 1.29 is 0 Å². The summed E-state index contributed by atoms with van der Waals surface area (Å²) in [6.07, 6.45) is 4.04. The molecule has 0 aromatic carbocycles. The molecule has 9 heavy (non-hydrogen) atoms. The predicted molar refractivity (Wildman–Crippen MR) is 44.0 cm³/mol. The summed E-state index contributed by atoms with van der Waals surface area (Å²) in [5.41, 5.74) is 0. The molecular formula is C7H7ClS.